The number of nitrogens with zero attached hydrogens (tertiary/aromatic N) is 2. The first-order valence-corrected chi connectivity index (χ1v) is 12.0. The highest BCUT2D eigenvalue weighted by Gasteiger charge is 2.33. The molecule has 8 heteroatoms. The summed E-state index contributed by atoms with van der Waals surface area (Å²) in [6.45, 7) is 6.70. The van der Waals surface area contributed by atoms with E-state index in [0.29, 0.717) is 29.3 Å². The monoisotopic (exact) mass is 490 g/mol. The summed E-state index contributed by atoms with van der Waals surface area (Å²) in [5, 5.41) is 0.892. The molecule has 2 heterocycles. The van der Waals surface area contributed by atoms with Crippen LogP contribution in [-0.4, -0.2) is 49.7 Å². The van der Waals surface area contributed by atoms with Gasteiger partial charge in [-0.1, -0.05) is 28.1 Å². The minimum atomic E-state index is -3.60. The Bertz CT molecular complexity index is 1240. The molecular weight excluding hydrogens is 468 g/mol. The van der Waals surface area contributed by atoms with Crippen LogP contribution in [0.3, 0.4) is 0 Å². The number of furan rings is 1. The molecule has 2 aromatic carbocycles. The van der Waals surface area contributed by atoms with Gasteiger partial charge < -0.3 is 9.32 Å². The second kappa shape index (κ2) is 7.83. The van der Waals surface area contributed by atoms with Gasteiger partial charge >= 0.3 is 0 Å². The van der Waals surface area contributed by atoms with Crippen LogP contribution in [0.2, 0.25) is 0 Å². The Morgan fingerprint density at radius 1 is 1.00 bits per heavy atom. The predicted octanol–water partition coefficient (Wildman–Crippen LogP) is 4.27. The maximum atomic E-state index is 13.1. The highest BCUT2D eigenvalue weighted by atomic mass is 79.9. The van der Waals surface area contributed by atoms with Gasteiger partial charge in [-0.05, 0) is 56.2 Å². The van der Waals surface area contributed by atoms with E-state index in [1.807, 2.05) is 44.2 Å². The van der Waals surface area contributed by atoms with E-state index < -0.39 is 10.0 Å². The molecule has 0 radical (unpaired) electrons. The minimum absolute atomic E-state index is 0.205. The molecule has 0 spiro atoms. The number of hydrogen-bond donors (Lipinski definition) is 0. The molecule has 0 aliphatic carbocycles. The van der Waals surface area contributed by atoms with Gasteiger partial charge in [0.15, 0.2) is 5.76 Å². The summed E-state index contributed by atoms with van der Waals surface area (Å²) in [4.78, 5) is 15.0. The zero-order valence-electron chi connectivity index (χ0n) is 17.1. The molecule has 158 valence electrons. The number of halogens is 1. The number of hydrogen-bond acceptors (Lipinski definition) is 4. The lowest BCUT2D eigenvalue weighted by molar-refractivity contribution is 0.0667. The van der Waals surface area contributed by atoms with Crippen LogP contribution in [0.15, 0.2) is 50.2 Å². The van der Waals surface area contributed by atoms with Crippen LogP contribution in [0.25, 0.3) is 11.0 Å². The van der Waals surface area contributed by atoms with Crippen molar-refractivity contribution in [3.63, 3.8) is 0 Å². The summed E-state index contributed by atoms with van der Waals surface area (Å²) in [6, 6.07) is 11.1. The standard InChI is InChI=1S/C22H23BrN2O4S/c1-14-4-5-15(2)20(12-14)30(27,28)25-10-8-24(9-11-25)22(26)21-16(3)18-13-17(23)6-7-19(18)29-21/h4-7,12-13H,8-11H2,1-3H3. The lowest BCUT2D eigenvalue weighted by atomic mass is 10.1. The Labute approximate surface area is 184 Å². The van der Waals surface area contributed by atoms with Crippen molar-refractivity contribution in [2.24, 2.45) is 0 Å². The Kier molecular flexibility index (Phi) is 5.50. The third-order valence-electron chi connectivity index (χ3n) is 5.58. The smallest absolute Gasteiger partial charge is 0.289 e. The number of fused-ring (bicyclic) bond motifs is 1. The summed E-state index contributed by atoms with van der Waals surface area (Å²) in [5.41, 5.74) is 3.08. The molecule has 1 aliphatic heterocycles. The minimum Gasteiger partial charge on any atom is -0.451 e. The lowest BCUT2D eigenvalue weighted by Crippen LogP contribution is -2.50. The first kappa shape index (κ1) is 21.1. The molecule has 0 bridgehead atoms. The Morgan fingerprint density at radius 3 is 2.40 bits per heavy atom. The van der Waals surface area contributed by atoms with Crippen LogP contribution in [-0.2, 0) is 10.0 Å². The second-order valence-electron chi connectivity index (χ2n) is 7.66. The number of aryl methyl sites for hydroxylation is 3. The van der Waals surface area contributed by atoms with Crippen molar-refractivity contribution in [2.75, 3.05) is 26.2 Å². The van der Waals surface area contributed by atoms with Crippen LogP contribution in [0.4, 0.5) is 0 Å². The second-order valence-corrected chi connectivity index (χ2v) is 10.5. The first-order valence-electron chi connectivity index (χ1n) is 9.74. The van der Waals surface area contributed by atoms with E-state index in [1.165, 1.54) is 4.31 Å². The van der Waals surface area contributed by atoms with Crippen molar-refractivity contribution in [1.82, 2.24) is 9.21 Å². The number of rotatable bonds is 3. The molecule has 1 fully saturated rings. The molecule has 1 amide bonds. The fraction of sp³-hybridized carbons (Fsp3) is 0.318. The maximum absolute atomic E-state index is 13.1. The average Bonchev–Trinajstić information content (AvgIpc) is 3.05. The highest BCUT2D eigenvalue weighted by molar-refractivity contribution is 9.10. The Hall–Kier alpha value is -2.16. The van der Waals surface area contributed by atoms with E-state index in [0.717, 1.165) is 26.5 Å². The highest BCUT2D eigenvalue weighted by Crippen LogP contribution is 2.29. The molecular formula is C22H23BrN2O4S. The molecule has 30 heavy (non-hydrogen) atoms. The van der Waals surface area contributed by atoms with Crippen molar-refractivity contribution in [1.29, 1.82) is 0 Å². The van der Waals surface area contributed by atoms with Gasteiger partial charge in [0.2, 0.25) is 10.0 Å². The Morgan fingerprint density at radius 2 is 1.70 bits per heavy atom. The number of carbonyl (C=O) groups excluding carboxylic acids is 1. The average molecular weight is 491 g/mol. The molecule has 0 atom stereocenters. The predicted molar refractivity (Wildman–Crippen MR) is 119 cm³/mol. The van der Waals surface area contributed by atoms with E-state index in [2.05, 4.69) is 15.9 Å². The van der Waals surface area contributed by atoms with Gasteiger partial charge in [-0.15, -0.1) is 0 Å². The van der Waals surface area contributed by atoms with E-state index in [1.54, 1.807) is 17.9 Å². The number of sulfonamides is 1. The zero-order chi connectivity index (χ0) is 21.6. The number of piperazine rings is 1. The molecule has 0 saturated carbocycles. The summed E-state index contributed by atoms with van der Waals surface area (Å²) in [6.07, 6.45) is 0. The summed E-state index contributed by atoms with van der Waals surface area (Å²) >= 11 is 3.44. The summed E-state index contributed by atoms with van der Waals surface area (Å²) in [7, 11) is -3.60. The SMILES string of the molecule is Cc1ccc(C)c(S(=O)(=O)N2CCN(C(=O)c3oc4ccc(Br)cc4c3C)CC2)c1. The first-order chi connectivity index (χ1) is 14.2. The number of benzene rings is 2. The maximum Gasteiger partial charge on any atom is 0.289 e. The number of carbonyl (C=O) groups is 1. The van der Waals surface area contributed by atoms with Gasteiger partial charge in [0.1, 0.15) is 5.58 Å². The number of amides is 1. The van der Waals surface area contributed by atoms with E-state index in [-0.39, 0.29) is 19.0 Å². The summed E-state index contributed by atoms with van der Waals surface area (Å²) < 4.78 is 34.4. The molecule has 1 aliphatic rings. The molecule has 6 nitrogen and oxygen atoms in total. The van der Waals surface area contributed by atoms with Gasteiger partial charge in [0.05, 0.1) is 4.90 Å². The topological polar surface area (TPSA) is 70.8 Å². The normalized spacial score (nSPS) is 15.7. The van der Waals surface area contributed by atoms with Crippen molar-refractivity contribution in [2.45, 2.75) is 25.7 Å². The fourth-order valence-corrected chi connectivity index (χ4v) is 5.89. The van der Waals surface area contributed by atoms with Crippen molar-refractivity contribution in [3.8, 4) is 0 Å². The molecule has 4 rings (SSSR count). The quantitative estimate of drug-likeness (QED) is 0.549. The van der Waals surface area contributed by atoms with E-state index in [9.17, 15) is 13.2 Å². The third kappa shape index (κ3) is 3.68. The molecule has 0 unspecified atom stereocenters. The van der Waals surface area contributed by atoms with E-state index in [4.69, 9.17) is 4.42 Å². The van der Waals surface area contributed by atoms with Crippen LogP contribution in [0, 0.1) is 20.8 Å². The largest absolute Gasteiger partial charge is 0.451 e. The fourth-order valence-electron chi connectivity index (χ4n) is 3.80. The van der Waals surface area contributed by atoms with Crippen LogP contribution in [0.1, 0.15) is 27.2 Å². The Balaban J connectivity index is 1.53. The zero-order valence-corrected chi connectivity index (χ0v) is 19.5. The van der Waals surface area contributed by atoms with Crippen molar-refractivity contribution in [3.05, 3.63) is 63.3 Å². The van der Waals surface area contributed by atoms with Crippen molar-refractivity contribution >= 4 is 42.8 Å². The molecule has 1 saturated heterocycles. The summed E-state index contributed by atoms with van der Waals surface area (Å²) in [5.74, 6) is 0.109. The lowest BCUT2D eigenvalue weighted by Gasteiger charge is -2.34. The van der Waals surface area contributed by atoms with Gasteiger partial charge in [0.25, 0.3) is 5.91 Å². The van der Waals surface area contributed by atoms with Gasteiger partial charge in [-0.25, -0.2) is 8.42 Å². The van der Waals surface area contributed by atoms with Gasteiger partial charge in [-0.2, -0.15) is 4.31 Å². The van der Waals surface area contributed by atoms with Gasteiger partial charge in [0, 0.05) is 41.6 Å². The van der Waals surface area contributed by atoms with Crippen LogP contribution >= 0.6 is 15.9 Å². The van der Waals surface area contributed by atoms with Crippen LogP contribution in [0.5, 0.6) is 0 Å². The van der Waals surface area contributed by atoms with Crippen LogP contribution < -0.4 is 0 Å². The van der Waals surface area contributed by atoms with Crippen molar-refractivity contribution < 1.29 is 17.6 Å². The van der Waals surface area contributed by atoms with E-state index >= 15 is 0 Å². The third-order valence-corrected chi connectivity index (χ3v) is 8.11. The molecule has 1 aromatic heterocycles. The molecule has 3 aromatic rings. The van der Waals surface area contributed by atoms with Gasteiger partial charge in [-0.3, -0.25) is 4.79 Å². The molecule has 0 N–H and O–H groups in total.